The van der Waals surface area contributed by atoms with E-state index >= 15 is 0 Å². The molecule has 20 heavy (non-hydrogen) atoms. The van der Waals surface area contributed by atoms with Crippen molar-refractivity contribution in [2.45, 2.75) is 19.4 Å². The van der Waals surface area contributed by atoms with Crippen molar-refractivity contribution in [2.75, 3.05) is 13.7 Å². The lowest BCUT2D eigenvalue weighted by Crippen LogP contribution is -2.19. The van der Waals surface area contributed by atoms with Crippen LogP contribution >= 0.6 is 0 Å². The predicted molar refractivity (Wildman–Crippen MR) is 75.6 cm³/mol. The van der Waals surface area contributed by atoms with E-state index in [1.165, 1.54) is 7.11 Å². The lowest BCUT2D eigenvalue weighted by Gasteiger charge is -2.10. The van der Waals surface area contributed by atoms with E-state index in [1.807, 2.05) is 6.07 Å². The van der Waals surface area contributed by atoms with Gasteiger partial charge < -0.3 is 26.7 Å². The van der Waals surface area contributed by atoms with Crippen LogP contribution in [0.25, 0.3) is 0 Å². The highest BCUT2D eigenvalue weighted by Crippen LogP contribution is 2.19. The van der Waals surface area contributed by atoms with Gasteiger partial charge in [-0.15, -0.1) is 0 Å². The van der Waals surface area contributed by atoms with Crippen LogP contribution in [-0.2, 0) is 11.3 Å². The number of methoxy groups -OCH3 is 1. The second-order valence-electron chi connectivity index (χ2n) is 4.27. The van der Waals surface area contributed by atoms with Crippen molar-refractivity contribution < 1.29 is 14.7 Å². The number of nitrogens with one attached hydrogen (secondary N) is 1. The third-order valence-corrected chi connectivity index (χ3v) is 2.75. The molecule has 1 aromatic carbocycles. The van der Waals surface area contributed by atoms with Gasteiger partial charge in [0.05, 0.1) is 12.7 Å². The summed E-state index contributed by atoms with van der Waals surface area (Å²) in [4.78, 5) is 10.6. The zero-order valence-corrected chi connectivity index (χ0v) is 11.4. The van der Waals surface area contributed by atoms with Crippen molar-refractivity contribution in [2.24, 2.45) is 16.6 Å². The average Bonchev–Trinajstić information content (AvgIpc) is 2.45. The van der Waals surface area contributed by atoms with E-state index in [1.54, 1.807) is 12.1 Å². The highest BCUT2D eigenvalue weighted by molar-refractivity contribution is 5.99. The van der Waals surface area contributed by atoms with Gasteiger partial charge >= 0.3 is 0 Å². The second kappa shape index (κ2) is 8.00. The van der Waals surface area contributed by atoms with Crippen LogP contribution in [0.15, 0.2) is 23.4 Å². The summed E-state index contributed by atoms with van der Waals surface area (Å²) in [7, 11) is 1.52. The molecule has 0 unspecified atom stereocenters. The average molecular weight is 280 g/mol. The highest BCUT2D eigenvalue weighted by Gasteiger charge is 2.08. The fourth-order valence-electron chi connectivity index (χ4n) is 1.74. The van der Waals surface area contributed by atoms with E-state index in [4.69, 9.17) is 21.4 Å². The molecule has 0 saturated heterocycles. The van der Waals surface area contributed by atoms with Gasteiger partial charge in [0.1, 0.15) is 5.75 Å². The molecule has 7 heteroatoms. The number of hydrogen-bond acceptors (Lipinski definition) is 5. The summed E-state index contributed by atoms with van der Waals surface area (Å²) in [5.41, 5.74) is 12.2. The number of benzene rings is 1. The summed E-state index contributed by atoms with van der Waals surface area (Å²) in [5.74, 6) is 0.237. The van der Waals surface area contributed by atoms with Crippen LogP contribution in [0.5, 0.6) is 5.75 Å². The normalized spacial score (nSPS) is 11.3. The van der Waals surface area contributed by atoms with Crippen LogP contribution in [0.1, 0.15) is 24.0 Å². The lowest BCUT2D eigenvalue weighted by atomic mass is 10.1. The summed E-state index contributed by atoms with van der Waals surface area (Å²) in [6.07, 6.45) is 1.06. The number of hydrogen-bond donors (Lipinski definition) is 4. The van der Waals surface area contributed by atoms with Crippen molar-refractivity contribution in [1.82, 2.24) is 5.32 Å². The molecule has 0 aliphatic heterocycles. The summed E-state index contributed by atoms with van der Waals surface area (Å²) in [6, 6.07) is 5.43. The summed E-state index contributed by atoms with van der Waals surface area (Å²) in [5, 5.41) is 14.9. The Morgan fingerprint density at radius 2 is 2.20 bits per heavy atom. The third-order valence-electron chi connectivity index (χ3n) is 2.75. The molecular formula is C13H20N4O3. The number of ether oxygens (including phenoxy) is 1. The number of amides is 1. The number of primary amides is 1. The van der Waals surface area contributed by atoms with Crippen LogP contribution in [0.3, 0.4) is 0 Å². The molecule has 110 valence electrons. The number of amidine groups is 1. The Morgan fingerprint density at radius 3 is 2.80 bits per heavy atom. The predicted octanol–water partition coefficient (Wildman–Crippen LogP) is 0.145. The molecule has 0 spiro atoms. The fourth-order valence-corrected chi connectivity index (χ4v) is 1.74. The molecule has 0 aliphatic rings. The van der Waals surface area contributed by atoms with Crippen LogP contribution in [-0.4, -0.2) is 30.6 Å². The number of nitrogens with zero attached hydrogens (tertiary/aromatic N) is 1. The summed E-state index contributed by atoms with van der Waals surface area (Å²) in [6.45, 7) is 1.29. The van der Waals surface area contributed by atoms with Gasteiger partial charge in [0, 0.05) is 13.0 Å². The lowest BCUT2D eigenvalue weighted by molar-refractivity contribution is -0.118. The molecule has 0 aliphatic carbocycles. The van der Waals surface area contributed by atoms with Crippen molar-refractivity contribution in [3.05, 3.63) is 29.3 Å². The molecule has 0 heterocycles. The number of rotatable bonds is 8. The second-order valence-corrected chi connectivity index (χ2v) is 4.27. The van der Waals surface area contributed by atoms with Gasteiger partial charge in [-0.3, -0.25) is 4.79 Å². The summed E-state index contributed by atoms with van der Waals surface area (Å²) < 4.78 is 5.15. The van der Waals surface area contributed by atoms with Gasteiger partial charge in [-0.1, -0.05) is 11.2 Å². The number of carbonyl (C=O) groups is 1. The van der Waals surface area contributed by atoms with Crippen molar-refractivity contribution in [3.8, 4) is 5.75 Å². The Labute approximate surface area is 117 Å². The molecule has 1 amide bonds. The quantitative estimate of drug-likeness (QED) is 0.177. The van der Waals surface area contributed by atoms with E-state index in [2.05, 4.69) is 10.5 Å². The monoisotopic (exact) mass is 280 g/mol. The number of oxime groups is 1. The maximum atomic E-state index is 10.6. The minimum absolute atomic E-state index is 0.00238. The Morgan fingerprint density at radius 1 is 1.45 bits per heavy atom. The zero-order valence-electron chi connectivity index (χ0n) is 11.4. The molecule has 0 bridgehead atoms. The Bertz CT molecular complexity index is 489. The van der Waals surface area contributed by atoms with Crippen molar-refractivity contribution >= 4 is 11.7 Å². The standard InChI is InChI=1S/C13H20N4O3/c1-20-11-5-4-9(7-10(11)13(15)17-19)8-16-6-2-3-12(14)18/h4-5,7,16,19H,2-3,6,8H2,1H3,(H2,14,18)(H2,15,17). The van der Waals surface area contributed by atoms with Gasteiger partial charge in [-0.05, 0) is 30.7 Å². The third kappa shape index (κ3) is 4.77. The van der Waals surface area contributed by atoms with Crippen molar-refractivity contribution in [1.29, 1.82) is 0 Å². The van der Waals surface area contributed by atoms with Crippen LogP contribution in [0.4, 0.5) is 0 Å². The molecule has 6 N–H and O–H groups in total. The maximum Gasteiger partial charge on any atom is 0.217 e. The highest BCUT2D eigenvalue weighted by atomic mass is 16.5. The van der Waals surface area contributed by atoms with E-state index in [9.17, 15) is 4.79 Å². The molecule has 1 aromatic rings. The molecule has 0 saturated carbocycles. The van der Waals surface area contributed by atoms with Crippen LogP contribution in [0, 0.1) is 0 Å². The first-order chi connectivity index (χ1) is 9.58. The number of carbonyl (C=O) groups excluding carboxylic acids is 1. The molecule has 0 aromatic heterocycles. The van der Waals surface area contributed by atoms with Crippen LogP contribution in [0.2, 0.25) is 0 Å². The largest absolute Gasteiger partial charge is 0.496 e. The maximum absolute atomic E-state index is 10.6. The number of nitrogens with two attached hydrogens (primary N) is 2. The minimum Gasteiger partial charge on any atom is -0.496 e. The molecular weight excluding hydrogens is 260 g/mol. The molecule has 0 radical (unpaired) electrons. The molecule has 1 rings (SSSR count). The van der Waals surface area contributed by atoms with E-state index < -0.39 is 0 Å². The fraction of sp³-hybridized carbons (Fsp3) is 0.385. The van der Waals surface area contributed by atoms with Gasteiger partial charge in [0.15, 0.2) is 5.84 Å². The van der Waals surface area contributed by atoms with Gasteiger partial charge in [0.2, 0.25) is 5.91 Å². The molecule has 7 nitrogen and oxygen atoms in total. The van der Waals surface area contributed by atoms with E-state index in [0.717, 1.165) is 5.56 Å². The van der Waals surface area contributed by atoms with Crippen molar-refractivity contribution in [3.63, 3.8) is 0 Å². The first kappa shape index (κ1) is 15.8. The van der Waals surface area contributed by atoms with E-state index in [0.29, 0.717) is 37.2 Å². The Kier molecular flexibility index (Phi) is 6.31. The first-order valence-corrected chi connectivity index (χ1v) is 6.22. The van der Waals surface area contributed by atoms with E-state index in [-0.39, 0.29) is 11.7 Å². The molecule has 0 fully saturated rings. The smallest absolute Gasteiger partial charge is 0.217 e. The van der Waals surface area contributed by atoms with Gasteiger partial charge in [0.25, 0.3) is 0 Å². The van der Waals surface area contributed by atoms with Gasteiger partial charge in [-0.2, -0.15) is 0 Å². The van der Waals surface area contributed by atoms with Crippen LogP contribution < -0.4 is 21.5 Å². The first-order valence-electron chi connectivity index (χ1n) is 6.22. The Balaban J connectivity index is 2.61. The molecule has 0 atom stereocenters. The van der Waals surface area contributed by atoms with Gasteiger partial charge in [-0.25, -0.2) is 0 Å². The topological polar surface area (TPSA) is 123 Å². The minimum atomic E-state index is -0.300. The summed E-state index contributed by atoms with van der Waals surface area (Å²) >= 11 is 0. The zero-order chi connectivity index (χ0) is 15.0. The Hall–Kier alpha value is -2.28. The SMILES string of the molecule is COc1ccc(CNCCCC(N)=O)cc1C(N)=NO.